The van der Waals surface area contributed by atoms with Crippen molar-refractivity contribution in [3.05, 3.63) is 30.4 Å². The smallest absolute Gasteiger partial charge is 0.162 e. The number of alkyl halides is 1. The molecule has 2 heterocycles. The first kappa shape index (κ1) is 8.37. The quantitative estimate of drug-likeness (QED) is 0.812. The molecule has 0 bridgehead atoms. The van der Waals surface area contributed by atoms with E-state index in [0.29, 0.717) is 5.82 Å². The molecule has 66 valence electrons. The maximum absolute atomic E-state index is 4.32. The van der Waals surface area contributed by atoms with Crippen LogP contribution in [-0.4, -0.2) is 20.2 Å². The maximum Gasteiger partial charge on any atom is 0.162 e. The van der Waals surface area contributed by atoms with Gasteiger partial charge < -0.3 is 0 Å². The molecule has 0 aliphatic heterocycles. The molecule has 0 saturated heterocycles. The number of rotatable bonds is 2. The summed E-state index contributed by atoms with van der Waals surface area (Å²) in [6.45, 7) is 0. The van der Waals surface area contributed by atoms with Crippen molar-refractivity contribution >= 4 is 15.9 Å². The second kappa shape index (κ2) is 3.66. The minimum Gasteiger partial charge on any atom is -0.285 e. The van der Waals surface area contributed by atoms with Crippen molar-refractivity contribution in [3.8, 4) is 11.4 Å². The minimum atomic E-state index is 0.700. The third-order valence-electron chi connectivity index (χ3n) is 1.61. The molecule has 2 aromatic heterocycles. The lowest BCUT2D eigenvalue weighted by Crippen LogP contribution is -1.90. The summed E-state index contributed by atoms with van der Waals surface area (Å²) in [5, 5.41) is 7.30. The van der Waals surface area contributed by atoms with Gasteiger partial charge in [-0.05, 0) is 6.07 Å². The highest BCUT2D eigenvalue weighted by Crippen LogP contribution is 2.12. The molecule has 0 saturated carbocycles. The largest absolute Gasteiger partial charge is 0.285 e. The normalized spacial score (nSPS) is 10.2. The average Bonchev–Trinajstić information content (AvgIpc) is 2.71. The Morgan fingerprint density at radius 2 is 2.38 bits per heavy atom. The zero-order chi connectivity index (χ0) is 9.10. The summed E-state index contributed by atoms with van der Waals surface area (Å²) in [6.07, 6.45) is 5.21. The molecule has 0 spiro atoms. The van der Waals surface area contributed by atoms with Crippen LogP contribution >= 0.6 is 15.9 Å². The Labute approximate surface area is 83.6 Å². The van der Waals surface area contributed by atoms with Crippen LogP contribution in [0.2, 0.25) is 0 Å². The van der Waals surface area contributed by atoms with E-state index >= 15 is 0 Å². The summed E-state index contributed by atoms with van der Waals surface area (Å²) in [7, 11) is 0. The van der Waals surface area contributed by atoms with Crippen LogP contribution < -0.4 is 0 Å². The number of hydrogen-bond donors (Lipinski definition) is 1. The molecule has 0 aliphatic carbocycles. The SMILES string of the molecule is BrCc1ccnc(-c2cn[nH]c2)n1. The van der Waals surface area contributed by atoms with Crippen LogP contribution in [-0.2, 0) is 5.33 Å². The first-order chi connectivity index (χ1) is 6.40. The Balaban J connectivity index is 2.41. The topological polar surface area (TPSA) is 54.5 Å². The Kier molecular flexibility index (Phi) is 2.35. The van der Waals surface area contributed by atoms with E-state index in [1.54, 1.807) is 18.6 Å². The van der Waals surface area contributed by atoms with Crippen LogP contribution in [0.3, 0.4) is 0 Å². The van der Waals surface area contributed by atoms with Crippen LogP contribution in [0.4, 0.5) is 0 Å². The zero-order valence-corrected chi connectivity index (χ0v) is 8.32. The van der Waals surface area contributed by atoms with Gasteiger partial charge in [0.1, 0.15) is 0 Å². The molecule has 0 amide bonds. The van der Waals surface area contributed by atoms with Gasteiger partial charge in [0.2, 0.25) is 0 Å². The zero-order valence-electron chi connectivity index (χ0n) is 6.74. The summed E-state index contributed by atoms with van der Waals surface area (Å²) >= 11 is 3.34. The van der Waals surface area contributed by atoms with E-state index in [9.17, 15) is 0 Å². The Hall–Kier alpha value is -1.23. The van der Waals surface area contributed by atoms with Crippen molar-refractivity contribution in [3.63, 3.8) is 0 Å². The molecular formula is C8H7BrN4. The van der Waals surface area contributed by atoms with Gasteiger partial charge in [-0.2, -0.15) is 5.10 Å². The van der Waals surface area contributed by atoms with Crippen LogP contribution in [0.5, 0.6) is 0 Å². The molecular weight excluding hydrogens is 232 g/mol. The van der Waals surface area contributed by atoms with Crippen molar-refractivity contribution in [2.75, 3.05) is 0 Å². The highest BCUT2D eigenvalue weighted by molar-refractivity contribution is 9.08. The second-order valence-electron chi connectivity index (χ2n) is 2.49. The van der Waals surface area contributed by atoms with Gasteiger partial charge in [0.25, 0.3) is 0 Å². The molecule has 4 nitrogen and oxygen atoms in total. The van der Waals surface area contributed by atoms with Crippen molar-refractivity contribution < 1.29 is 0 Å². The third-order valence-corrected chi connectivity index (χ3v) is 2.18. The summed E-state index contributed by atoms with van der Waals surface area (Å²) in [6, 6.07) is 1.87. The van der Waals surface area contributed by atoms with E-state index in [1.807, 2.05) is 6.07 Å². The van der Waals surface area contributed by atoms with E-state index in [4.69, 9.17) is 0 Å². The van der Waals surface area contributed by atoms with Crippen molar-refractivity contribution in [2.45, 2.75) is 5.33 Å². The Morgan fingerprint density at radius 1 is 1.46 bits per heavy atom. The van der Waals surface area contributed by atoms with Gasteiger partial charge in [-0.15, -0.1) is 0 Å². The van der Waals surface area contributed by atoms with E-state index in [2.05, 4.69) is 36.1 Å². The van der Waals surface area contributed by atoms with Gasteiger partial charge in [0.15, 0.2) is 5.82 Å². The Bertz CT molecular complexity index is 385. The second-order valence-corrected chi connectivity index (χ2v) is 3.05. The van der Waals surface area contributed by atoms with Gasteiger partial charge in [0.05, 0.1) is 17.5 Å². The Morgan fingerprint density at radius 3 is 3.08 bits per heavy atom. The highest BCUT2D eigenvalue weighted by atomic mass is 79.9. The monoisotopic (exact) mass is 238 g/mol. The fraction of sp³-hybridized carbons (Fsp3) is 0.125. The maximum atomic E-state index is 4.32. The summed E-state index contributed by atoms with van der Waals surface area (Å²) in [4.78, 5) is 8.45. The van der Waals surface area contributed by atoms with Gasteiger partial charge in [-0.1, -0.05) is 15.9 Å². The number of aromatic amines is 1. The van der Waals surface area contributed by atoms with Crippen molar-refractivity contribution in [1.29, 1.82) is 0 Å². The average molecular weight is 239 g/mol. The molecule has 13 heavy (non-hydrogen) atoms. The van der Waals surface area contributed by atoms with Crippen LogP contribution in [0, 0.1) is 0 Å². The molecule has 2 aromatic rings. The van der Waals surface area contributed by atoms with Crippen LogP contribution in [0.1, 0.15) is 5.69 Å². The third kappa shape index (κ3) is 1.75. The van der Waals surface area contributed by atoms with Gasteiger partial charge in [0, 0.05) is 17.7 Å². The standard InChI is InChI=1S/C8H7BrN4/c9-3-7-1-2-10-8(13-7)6-4-11-12-5-6/h1-2,4-5H,3H2,(H,11,12). The van der Waals surface area contributed by atoms with E-state index in [1.165, 1.54) is 0 Å². The highest BCUT2D eigenvalue weighted by Gasteiger charge is 2.01. The molecule has 5 heteroatoms. The van der Waals surface area contributed by atoms with E-state index < -0.39 is 0 Å². The lowest BCUT2D eigenvalue weighted by atomic mass is 10.3. The predicted molar refractivity (Wildman–Crippen MR) is 52.2 cm³/mol. The molecule has 0 fully saturated rings. The minimum absolute atomic E-state index is 0.700. The number of H-pyrrole nitrogens is 1. The molecule has 0 atom stereocenters. The molecule has 0 radical (unpaired) electrons. The van der Waals surface area contributed by atoms with E-state index in [0.717, 1.165) is 16.6 Å². The van der Waals surface area contributed by atoms with Crippen molar-refractivity contribution in [1.82, 2.24) is 20.2 Å². The number of nitrogens with zero attached hydrogens (tertiary/aromatic N) is 3. The van der Waals surface area contributed by atoms with Gasteiger partial charge >= 0.3 is 0 Å². The van der Waals surface area contributed by atoms with Crippen LogP contribution in [0.15, 0.2) is 24.7 Å². The lowest BCUT2D eigenvalue weighted by Gasteiger charge is -1.97. The molecule has 0 aliphatic rings. The summed E-state index contributed by atoms with van der Waals surface area (Å²) < 4.78 is 0. The van der Waals surface area contributed by atoms with E-state index in [-0.39, 0.29) is 0 Å². The van der Waals surface area contributed by atoms with Crippen LogP contribution in [0.25, 0.3) is 11.4 Å². The number of aromatic nitrogens is 4. The first-order valence-electron chi connectivity index (χ1n) is 3.77. The van der Waals surface area contributed by atoms with Crippen molar-refractivity contribution in [2.24, 2.45) is 0 Å². The fourth-order valence-corrected chi connectivity index (χ4v) is 1.30. The lowest BCUT2D eigenvalue weighted by molar-refractivity contribution is 1.09. The number of halogens is 1. The van der Waals surface area contributed by atoms with Gasteiger partial charge in [-0.3, -0.25) is 5.10 Å². The molecule has 0 aromatic carbocycles. The molecule has 1 N–H and O–H groups in total. The molecule has 0 unspecified atom stereocenters. The number of nitrogens with one attached hydrogen (secondary N) is 1. The first-order valence-corrected chi connectivity index (χ1v) is 4.89. The predicted octanol–water partition coefficient (Wildman–Crippen LogP) is 1.76. The van der Waals surface area contributed by atoms with Gasteiger partial charge in [-0.25, -0.2) is 9.97 Å². The number of hydrogen-bond acceptors (Lipinski definition) is 3. The fourth-order valence-electron chi connectivity index (χ4n) is 0.983. The molecule has 2 rings (SSSR count). The summed E-state index contributed by atoms with van der Waals surface area (Å²) in [5.74, 6) is 0.700. The summed E-state index contributed by atoms with van der Waals surface area (Å²) in [5.41, 5.74) is 1.87.